The number of carbonyl (C=O) groups excluding carboxylic acids is 1. The maximum atomic E-state index is 11.0. The predicted molar refractivity (Wildman–Crippen MR) is 72.3 cm³/mol. The zero-order valence-corrected chi connectivity index (χ0v) is 10.1. The number of nitrogens with zero attached hydrogens (tertiary/aromatic N) is 1. The van der Waals surface area contributed by atoms with Crippen LogP contribution in [0.2, 0.25) is 0 Å². The van der Waals surface area contributed by atoms with Crippen molar-refractivity contribution in [3.8, 4) is 0 Å². The Bertz CT molecular complexity index is 597. The van der Waals surface area contributed by atoms with Crippen LogP contribution < -0.4 is 5.32 Å². The second-order valence-corrected chi connectivity index (χ2v) is 3.99. The van der Waals surface area contributed by atoms with Gasteiger partial charge in [-0.1, -0.05) is 30.3 Å². The molecule has 5 heteroatoms. The van der Waals surface area contributed by atoms with Gasteiger partial charge in [0.25, 0.3) is 5.69 Å². The first kappa shape index (κ1) is 12.8. The van der Waals surface area contributed by atoms with Gasteiger partial charge >= 0.3 is 0 Å². The van der Waals surface area contributed by atoms with Crippen LogP contribution in [0.15, 0.2) is 48.5 Å². The molecule has 1 N–H and O–H groups in total. The molecule has 0 unspecified atom stereocenters. The first-order chi connectivity index (χ1) is 9.20. The fraction of sp³-hybridized carbons (Fsp3) is 0.0714. The van der Waals surface area contributed by atoms with Crippen molar-refractivity contribution >= 4 is 17.7 Å². The number of nitro groups is 1. The molecule has 0 saturated carbocycles. The van der Waals surface area contributed by atoms with Crippen LogP contribution in [0.1, 0.15) is 15.9 Å². The minimum absolute atomic E-state index is 0.0967. The zero-order valence-electron chi connectivity index (χ0n) is 10.1. The normalized spacial score (nSPS) is 9.89. The summed E-state index contributed by atoms with van der Waals surface area (Å²) in [5.41, 5.74) is 1.62. The number of hydrogen-bond donors (Lipinski definition) is 1. The van der Waals surface area contributed by atoms with Crippen molar-refractivity contribution in [3.63, 3.8) is 0 Å². The van der Waals surface area contributed by atoms with E-state index in [1.54, 1.807) is 12.1 Å². The lowest BCUT2D eigenvalue weighted by Gasteiger charge is -2.07. The molecule has 2 rings (SSSR count). The van der Waals surface area contributed by atoms with E-state index in [1.165, 1.54) is 6.07 Å². The van der Waals surface area contributed by atoms with Gasteiger partial charge in [-0.2, -0.15) is 0 Å². The summed E-state index contributed by atoms with van der Waals surface area (Å²) in [6.45, 7) is 0.488. The number of rotatable bonds is 5. The first-order valence-electron chi connectivity index (χ1n) is 5.72. The molecule has 0 aliphatic heterocycles. The highest BCUT2D eigenvalue weighted by Gasteiger charge is 2.14. The third kappa shape index (κ3) is 3.16. The van der Waals surface area contributed by atoms with Gasteiger partial charge in [-0.3, -0.25) is 14.9 Å². The molecule has 0 heterocycles. The van der Waals surface area contributed by atoms with E-state index in [-0.39, 0.29) is 11.3 Å². The highest BCUT2D eigenvalue weighted by atomic mass is 16.6. The molecule has 0 spiro atoms. The van der Waals surface area contributed by atoms with E-state index < -0.39 is 4.92 Å². The fourth-order valence-corrected chi connectivity index (χ4v) is 1.72. The molecule has 0 aliphatic carbocycles. The van der Waals surface area contributed by atoms with Gasteiger partial charge in [-0.25, -0.2) is 0 Å². The average molecular weight is 256 g/mol. The molecule has 0 aromatic heterocycles. The molecule has 0 radical (unpaired) electrons. The molecule has 96 valence electrons. The standard InChI is InChI=1S/C14H12N2O3/c17-10-12-6-7-13(14(8-12)16(18)19)15-9-11-4-2-1-3-5-11/h1-8,10,15H,9H2. The lowest BCUT2D eigenvalue weighted by Crippen LogP contribution is -2.03. The Kier molecular flexibility index (Phi) is 3.87. The van der Waals surface area contributed by atoms with Crippen LogP contribution in [0, 0.1) is 10.1 Å². The second-order valence-electron chi connectivity index (χ2n) is 3.99. The van der Waals surface area contributed by atoms with Crippen LogP contribution >= 0.6 is 0 Å². The number of benzene rings is 2. The van der Waals surface area contributed by atoms with E-state index in [0.717, 1.165) is 5.56 Å². The number of aldehydes is 1. The summed E-state index contributed by atoms with van der Waals surface area (Å²) < 4.78 is 0. The van der Waals surface area contributed by atoms with E-state index >= 15 is 0 Å². The number of nitro benzene ring substituents is 1. The van der Waals surface area contributed by atoms with Crippen LogP contribution in [0.3, 0.4) is 0 Å². The molecule has 0 amide bonds. The molecule has 5 nitrogen and oxygen atoms in total. The number of nitrogens with one attached hydrogen (secondary N) is 1. The summed E-state index contributed by atoms with van der Waals surface area (Å²) in [5.74, 6) is 0. The van der Waals surface area contributed by atoms with E-state index in [2.05, 4.69) is 5.32 Å². The molecule has 0 aliphatic rings. The summed E-state index contributed by atoms with van der Waals surface area (Å²) in [4.78, 5) is 21.1. The lowest BCUT2D eigenvalue weighted by atomic mass is 10.1. The molecular formula is C14H12N2O3. The van der Waals surface area contributed by atoms with Gasteiger partial charge < -0.3 is 5.32 Å². The maximum Gasteiger partial charge on any atom is 0.293 e. The minimum Gasteiger partial charge on any atom is -0.375 e. The summed E-state index contributed by atoms with van der Waals surface area (Å²) in [6.07, 6.45) is 0.591. The van der Waals surface area contributed by atoms with Crippen molar-refractivity contribution in [1.29, 1.82) is 0 Å². The summed E-state index contributed by atoms with van der Waals surface area (Å²) >= 11 is 0. The summed E-state index contributed by atoms with van der Waals surface area (Å²) in [6, 6.07) is 13.9. The van der Waals surface area contributed by atoms with Crippen LogP contribution in [-0.4, -0.2) is 11.2 Å². The van der Waals surface area contributed by atoms with Crippen LogP contribution in [0.4, 0.5) is 11.4 Å². The monoisotopic (exact) mass is 256 g/mol. The number of carbonyl (C=O) groups is 1. The van der Waals surface area contributed by atoms with Crippen LogP contribution in [0.25, 0.3) is 0 Å². The van der Waals surface area contributed by atoms with Crippen molar-refractivity contribution in [2.45, 2.75) is 6.54 Å². The molecule has 0 bridgehead atoms. The van der Waals surface area contributed by atoms with E-state index in [0.29, 0.717) is 18.5 Å². The predicted octanol–water partition coefficient (Wildman–Crippen LogP) is 3.02. The van der Waals surface area contributed by atoms with E-state index in [4.69, 9.17) is 0 Å². The number of anilines is 1. The van der Waals surface area contributed by atoms with E-state index in [1.807, 2.05) is 30.3 Å². The maximum absolute atomic E-state index is 11.0. The van der Waals surface area contributed by atoms with Crippen LogP contribution in [0.5, 0.6) is 0 Å². The van der Waals surface area contributed by atoms with Crippen molar-refractivity contribution in [3.05, 3.63) is 69.8 Å². The van der Waals surface area contributed by atoms with Crippen molar-refractivity contribution in [1.82, 2.24) is 0 Å². The highest BCUT2D eigenvalue weighted by molar-refractivity contribution is 5.79. The van der Waals surface area contributed by atoms with Gasteiger partial charge in [0.1, 0.15) is 12.0 Å². The van der Waals surface area contributed by atoms with Crippen molar-refractivity contribution in [2.75, 3.05) is 5.32 Å². The highest BCUT2D eigenvalue weighted by Crippen LogP contribution is 2.25. The zero-order chi connectivity index (χ0) is 13.7. The molecule has 2 aromatic rings. The Balaban J connectivity index is 2.20. The van der Waals surface area contributed by atoms with Crippen LogP contribution in [-0.2, 0) is 6.54 Å². The third-order valence-electron chi connectivity index (χ3n) is 2.68. The van der Waals surface area contributed by atoms with Gasteiger partial charge in [0.05, 0.1) is 4.92 Å². The Morgan fingerprint density at radius 1 is 1.16 bits per heavy atom. The first-order valence-corrected chi connectivity index (χ1v) is 5.72. The Morgan fingerprint density at radius 3 is 2.53 bits per heavy atom. The molecule has 0 atom stereocenters. The SMILES string of the molecule is O=Cc1ccc(NCc2ccccc2)c([N+](=O)[O-])c1. The Hall–Kier alpha value is -2.69. The quantitative estimate of drug-likeness (QED) is 0.507. The third-order valence-corrected chi connectivity index (χ3v) is 2.68. The molecule has 0 fully saturated rings. The largest absolute Gasteiger partial charge is 0.375 e. The molecule has 0 saturated heterocycles. The number of hydrogen-bond acceptors (Lipinski definition) is 4. The van der Waals surface area contributed by atoms with E-state index in [9.17, 15) is 14.9 Å². The van der Waals surface area contributed by atoms with Crippen molar-refractivity contribution < 1.29 is 9.72 Å². The summed E-state index contributed by atoms with van der Waals surface area (Å²) in [5, 5.41) is 14.0. The molecular weight excluding hydrogens is 244 g/mol. The van der Waals surface area contributed by atoms with Gasteiger partial charge in [0, 0.05) is 18.2 Å². The van der Waals surface area contributed by atoms with Gasteiger partial charge in [0.2, 0.25) is 0 Å². The fourth-order valence-electron chi connectivity index (χ4n) is 1.72. The van der Waals surface area contributed by atoms with Gasteiger partial charge in [0.15, 0.2) is 0 Å². The topological polar surface area (TPSA) is 72.2 Å². The smallest absolute Gasteiger partial charge is 0.293 e. The van der Waals surface area contributed by atoms with Crippen molar-refractivity contribution in [2.24, 2.45) is 0 Å². The van der Waals surface area contributed by atoms with Gasteiger partial charge in [-0.05, 0) is 17.7 Å². The second kappa shape index (κ2) is 5.77. The lowest BCUT2D eigenvalue weighted by molar-refractivity contribution is -0.384. The Morgan fingerprint density at radius 2 is 1.89 bits per heavy atom. The minimum atomic E-state index is -0.500. The molecule has 2 aromatic carbocycles. The average Bonchev–Trinajstić information content (AvgIpc) is 2.46. The van der Waals surface area contributed by atoms with Gasteiger partial charge in [-0.15, -0.1) is 0 Å². The molecule has 19 heavy (non-hydrogen) atoms. The Labute approximate surface area is 110 Å². The summed E-state index contributed by atoms with van der Waals surface area (Å²) in [7, 11) is 0.